The van der Waals surface area contributed by atoms with Gasteiger partial charge in [0.15, 0.2) is 0 Å². The molecule has 0 aromatic carbocycles. The molecule has 2 heterocycles. The third kappa shape index (κ3) is 3.02. The number of carbonyl (C=O) groups is 1. The number of ether oxygens (including phenoxy) is 1. The number of piperidine rings is 1. The molecule has 2 unspecified atom stereocenters. The molecular formula is C14H23N5O2. The predicted octanol–water partition coefficient (Wildman–Crippen LogP) is 0.770. The van der Waals surface area contributed by atoms with Gasteiger partial charge in [0.1, 0.15) is 5.60 Å². The number of carbonyl (C=O) groups excluding carboxylic acids is 1. The zero-order valence-corrected chi connectivity index (χ0v) is 13.0. The van der Waals surface area contributed by atoms with Crippen LogP contribution >= 0.6 is 0 Å². The molecule has 1 aromatic heterocycles. The summed E-state index contributed by atoms with van der Waals surface area (Å²) < 4.78 is 7.18. The largest absolute Gasteiger partial charge is 0.444 e. The van der Waals surface area contributed by atoms with Crippen molar-refractivity contribution in [1.82, 2.24) is 25.2 Å². The minimum atomic E-state index is -0.423. The quantitative estimate of drug-likeness (QED) is 0.891. The average Bonchev–Trinajstić information content (AvgIpc) is 2.77. The van der Waals surface area contributed by atoms with Crippen LogP contribution in [0.5, 0.6) is 0 Å². The van der Waals surface area contributed by atoms with E-state index in [2.05, 4.69) is 15.6 Å². The minimum Gasteiger partial charge on any atom is -0.444 e. The molecule has 1 aliphatic carbocycles. The van der Waals surface area contributed by atoms with E-state index in [4.69, 9.17) is 4.74 Å². The van der Waals surface area contributed by atoms with Gasteiger partial charge in [-0.3, -0.25) is 4.68 Å². The molecule has 1 aromatic rings. The Balaban J connectivity index is 1.44. The van der Waals surface area contributed by atoms with Gasteiger partial charge in [0, 0.05) is 32.7 Å². The van der Waals surface area contributed by atoms with Gasteiger partial charge < -0.3 is 15.0 Å². The Hall–Kier alpha value is -1.63. The fourth-order valence-corrected chi connectivity index (χ4v) is 3.00. The van der Waals surface area contributed by atoms with Crippen LogP contribution in [0, 0.1) is 11.8 Å². The molecule has 0 bridgehead atoms. The van der Waals surface area contributed by atoms with Crippen molar-refractivity contribution in [3.8, 4) is 0 Å². The van der Waals surface area contributed by atoms with Gasteiger partial charge in [0.2, 0.25) is 0 Å². The van der Waals surface area contributed by atoms with Crippen LogP contribution in [0.25, 0.3) is 0 Å². The first kappa shape index (κ1) is 14.3. The van der Waals surface area contributed by atoms with Crippen LogP contribution in [0.3, 0.4) is 0 Å². The monoisotopic (exact) mass is 293 g/mol. The molecule has 2 aliphatic rings. The first-order valence-corrected chi connectivity index (χ1v) is 7.40. The van der Waals surface area contributed by atoms with Crippen LogP contribution in [0.2, 0.25) is 0 Å². The molecule has 2 atom stereocenters. The lowest BCUT2D eigenvalue weighted by molar-refractivity contribution is 0.0269. The number of fused-ring (bicyclic) bond motifs is 1. The number of nitrogens with one attached hydrogen (secondary N) is 1. The summed E-state index contributed by atoms with van der Waals surface area (Å²) in [6, 6.07) is 0.499. The van der Waals surface area contributed by atoms with E-state index in [0.717, 1.165) is 25.3 Å². The van der Waals surface area contributed by atoms with E-state index in [1.165, 1.54) is 0 Å². The van der Waals surface area contributed by atoms with Gasteiger partial charge in [-0.15, -0.1) is 5.10 Å². The fourth-order valence-electron chi connectivity index (χ4n) is 3.00. The highest BCUT2D eigenvalue weighted by Gasteiger charge is 2.56. The van der Waals surface area contributed by atoms with Gasteiger partial charge in [-0.25, -0.2) is 4.79 Å². The molecular weight excluding hydrogens is 270 g/mol. The molecule has 21 heavy (non-hydrogen) atoms. The summed E-state index contributed by atoms with van der Waals surface area (Å²) in [6.45, 7) is 8.05. The Morgan fingerprint density at radius 2 is 2.10 bits per heavy atom. The highest BCUT2D eigenvalue weighted by molar-refractivity contribution is 5.69. The van der Waals surface area contributed by atoms with Gasteiger partial charge in [0.05, 0.1) is 11.9 Å². The number of aryl methyl sites for hydroxylation is 1. The normalized spacial score (nSPS) is 27.6. The lowest BCUT2D eigenvalue weighted by Crippen LogP contribution is -2.39. The molecule has 1 aliphatic heterocycles. The molecule has 7 nitrogen and oxygen atoms in total. The Morgan fingerprint density at radius 1 is 1.43 bits per heavy atom. The van der Waals surface area contributed by atoms with Crippen molar-refractivity contribution in [3.63, 3.8) is 0 Å². The summed E-state index contributed by atoms with van der Waals surface area (Å²) in [7, 11) is 1.89. The average molecular weight is 293 g/mol. The van der Waals surface area contributed by atoms with Gasteiger partial charge >= 0.3 is 6.09 Å². The van der Waals surface area contributed by atoms with Crippen molar-refractivity contribution in [1.29, 1.82) is 0 Å². The number of nitrogens with zero attached hydrogens (tertiary/aromatic N) is 4. The zero-order valence-electron chi connectivity index (χ0n) is 13.0. The van der Waals surface area contributed by atoms with Crippen LogP contribution in [0.4, 0.5) is 4.79 Å². The molecule has 1 N–H and O–H groups in total. The van der Waals surface area contributed by atoms with Crippen molar-refractivity contribution in [2.45, 2.75) is 39.0 Å². The molecule has 0 spiro atoms. The number of amides is 1. The summed E-state index contributed by atoms with van der Waals surface area (Å²) >= 11 is 0. The maximum Gasteiger partial charge on any atom is 0.410 e. The smallest absolute Gasteiger partial charge is 0.410 e. The van der Waals surface area contributed by atoms with E-state index in [1.54, 1.807) is 10.9 Å². The first-order valence-electron chi connectivity index (χ1n) is 7.40. The van der Waals surface area contributed by atoms with Crippen LogP contribution in [0.1, 0.15) is 26.5 Å². The number of hydrogen-bond acceptors (Lipinski definition) is 5. The van der Waals surface area contributed by atoms with Crippen LogP contribution in [-0.4, -0.2) is 50.7 Å². The van der Waals surface area contributed by atoms with E-state index in [9.17, 15) is 4.79 Å². The molecule has 116 valence electrons. The SMILES string of the molecule is Cn1nncc1CNC1C2CN(C(=O)OC(C)(C)C)CC21. The minimum absolute atomic E-state index is 0.190. The topological polar surface area (TPSA) is 72.3 Å². The second-order valence-corrected chi connectivity index (χ2v) is 6.97. The maximum absolute atomic E-state index is 12.0. The van der Waals surface area contributed by atoms with E-state index in [-0.39, 0.29) is 6.09 Å². The van der Waals surface area contributed by atoms with Crippen LogP contribution in [-0.2, 0) is 18.3 Å². The third-order valence-electron chi connectivity index (χ3n) is 4.17. The predicted molar refractivity (Wildman–Crippen MR) is 76.4 cm³/mol. The summed E-state index contributed by atoms with van der Waals surface area (Å²) in [6.07, 6.45) is 1.59. The van der Waals surface area contributed by atoms with Crippen molar-refractivity contribution < 1.29 is 9.53 Å². The highest BCUT2D eigenvalue weighted by Crippen LogP contribution is 2.45. The maximum atomic E-state index is 12.0. The van der Waals surface area contributed by atoms with Crippen molar-refractivity contribution in [3.05, 3.63) is 11.9 Å². The molecule has 2 fully saturated rings. The molecule has 3 rings (SSSR count). The van der Waals surface area contributed by atoms with Gasteiger partial charge in [-0.05, 0) is 32.6 Å². The summed E-state index contributed by atoms with van der Waals surface area (Å²) in [5.74, 6) is 1.11. The van der Waals surface area contributed by atoms with Crippen molar-refractivity contribution in [2.75, 3.05) is 13.1 Å². The molecule has 1 saturated carbocycles. The second kappa shape index (κ2) is 4.98. The van der Waals surface area contributed by atoms with Gasteiger partial charge in [0.25, 0.3) is 0 Å². The highest BCUT2D eigenvalue weighted by atomic mass is 16.6. The first-order chi connectivity index (χ1) is 9.85. The Morgan fingerprint density at radius 3 is 2.62 bits per heavy atom. The lowest BCUT2D eigenvalue weighted by Gasteiger charge is -2.26. The van der Waals surface area contributed by atoms with E-state index in [0.29, 0.717) is 17.9 Å². The standard InChI is InChI=1S/C14H23N5O2/c1-14(2,3)21-13(20)19-7-10-11(8-19)12(10)15-5-9-6-16-17-18(9)4/h6,10-12,15H,5,7-8H2,1-4H3. The Kier molecular flexibility index (Phi) is 3.39. The number of likely N-dealkylation sites (tertiary alicyclic amines) is 1. The summed E-state index contributed by atoms with van der Waals surface area (Å²) in [5, 5.41) is 11.3. The Labute approximate surface area is 124 Å². The van der Waals surface area contributed by atoms with Crippen molar-refractivity contribution in [2.24, 2.45) is 18.9 Å². The molecule has 0 radical (unpaired) electrons. The molecule has 7 heteroatoms. The van der Waals surface area contributed by atoms with Gasteiger partial charge in [-0.1, -0.05) is 5.21 Å². The molecule has 1 amide bonds. The third-order valence-corrected chi connectivity index (χ3v) is 4.17. The van der Waals surface area contributed by atoms with E-state index in [1.807, 2.05) is 32.7 Å². The van der Waals surface area contributed by atoms with E-state index >= 15 is 0 Å². The van der Waals surface area contributed by atoms with Crippen LogP contribution < -0.4 is 5.32 Å². The molecule has 1 saturated heterocycles. The van der Waals surface area contributed by atoms with Gasteiger partial charge in [-0.2, -0.15) is 0 Å². The van der Waals surface area contributed by atoms with E-state index < -0.39 is 5.60 Å². The van der Waals surface area contributed by atoms with Crippen molar-refractivity contribution >= 4 is 6.09 Å². The number of rotatable bonds is 3. The second-order valence-electron chi connectivity index (χ2n) is 6.97. The number of aromatic nitrogens is 3. The van der Waals surface area contributed by atoms with Crippen LogP contribution in [0.15, 0.2) is 6.20 Å². The number of hydrogen-bond donors (Lipinski definition) is 1. The fraction of sp³-hybridized carbons (Fsp3) is 0.786. The summed E-state index contributed by atoms with van der Waals surface area (Å²) in [5.41, 5.74) is 0.651. The Bertz CT molecular complexity index is 524. The lowest BCUT2D eigenvalue weighted by atomic mass is 10.2. The zero-order chi connectivity index (χ0) is 15.2. The summed E-state index contributed by atoms with van der Waals surface area (Å²) in [4.78, 5) is 13.8.